The number of aliphatic hydroxyl groups is 1. The van der Waals surface area contributed by atoms with Crippen molar-refractivity contribution in [2.45, 2.75) is 63.3 Å². The molecule has 0 aromatic heterocycles. The number of rotatable bonds is 3. The average Bonchev–Trinajstić information content (AvgIpc) is 2.64. The van der Waals surface area contributed by atoms with Crippen molar-refractivity contribution in [3.8, 4) is 6.07 Å². The van der Waals surface area contributed by atoms with Crippen LogP contribution in [0.2, 0.25) is 0 Å². The molecule has 2 aromatic rings. The minimum atomic E-state index is -0.820. The Bertz CT molecular complexity index is 810. The lowest BCUT2D eigenvalue weighted by atomic mass is 9.71. The van der Waals surface area contributed by atoms with Gasteiger partial charge >= 0.3 is 0 Å². The Morgan fingerprint density at radius 2 is 1.77 bits per heavy atom. The maximum Gasteiger partial charge on any atom is 0.0994 e. The van der Waals surface area contributed by atoms with E-state index in [9.17, 15) is 10.4 Å². The number of fused-ring (bicyclic) bond motifs is 2. The summed E-state index contributed by atoms with van der Waals surface area (Å²) in [5.41, 5.74) is 3.09. The Hall–Kier alpha value is -2.15. The highest BCUT2D eigenvalue weighted by Crippen LogP contribution is 2.45. The smallest absolute Gasteiger partial charge is 0.0994 e. The van der Waals surface area contributed by atoms with Gasteiger partial charge in [-0.2, -0.15) is 5.26 Å². The lowest BCUT2D eigenvalue weighted by Crippen LogP contribution is -2.56. The second kappa shape index (κ2) is 6.87. The van der Waals surface area contributed by atoms with Crippen molar-refractivity contribution < 1.29 is 5.11 Å². The van der Waals surface area contributed by atoms with Gasteiger partial charge in [0.25, 0.3) is 0 Å². The molecule has 0 saturated carbocycles. The maximum atomic E-state index is 11.6. The fourth-order valence-electron chi connectivity index (χ4n) is 5.05. The molecule has 3 nitrogen and oxygen atoms in total. The monoisotopic (exact) mass is 346 g/mol. The van der Waals surface area contributed by atoms with Gasteiger partial charge in [0.15, 0.2) is 0 Å². The van der Waals surface area contributed by atoms with Crippen LogP contribution in [0.15, 0.2) is 48.5 Å². The van der Waals surface area contributed by atoms with E-state index in [1.54, 1.807) is 0 Å². The highest BCUT2D eigenvalue weighted by Gasteiger charge is 2.46. The summed E-state index contributed by atoms with van der Waals surface area (Å²) in [7, 11) is 0. The normalized spacial score (nSPS) is 28.5. The van der Waals surface area contributed by atoms with Crippen LogP contribution in [0.25, 0.3) is 0 Å². The quantitative estimate of drug-likeness (QED) is 0.903. The predicted molar refractivity (Wildman–Crippen MR) is 102 cm³/mol. The molecule has 26 heavy (non-hydrogen) atoms. The van der Waals surface area contributed by atoms with Crippen molar-refractivity contribution in [1.82, 2.24) is 4.90 Å². The Morgan fingerprint density at radius 1 is 1.08 bits per heavy atom. The summed E-state index contributed by atoms with van der Waals surface area (Å²) in [4.78, 5) is 2.61. The van der Waals surface area contributed by atoms with Crippen LogP contribution in [0.1, 0.15) is 54.4 Å². The van der Waals surface area contributed by atoms with Gasteiger partial charge in [-0.3, -0.25) is 4.90 Å². The van der Waals surface area contributed by atoms with Crippen molar-refractivity contribution in [2.75, 3.05) is 0 Å². The minimum absolute atomic E-state index is 0.401. The van der Waals surface area contributed by atoms with Gasteiger partial charge in [0, 0.05) is 18.6 Å². The van der Waals surface area contributed by atoms with Gasteiger partial charge in [0.05, 0.1) is 17.2 Å². The summed E-state index contributed by atoms with van der Waals surface area (Å²) in [5.74, 6) is 0. The molecule has 2 aliphatic rings. The largest absolute Gasteiger partial charge is 0.385 e. The zero-order valence-electron chi connectivity index (χ0n) is 15.4. The Balaban J connectivity index is 1.63. The lowest BCUT2D eigenvalue weighted by Gasteiger charge is -2.52. The van der Waals surface area contributed by atoms with Crippen LogP contribution in [0.3, 0.4) is 0 Å². The first kappa shape index (κ1) is 17.3. The Kier molecular flexibility index (Phi) is 4.56. The summed E-state index contributed by atoms with van der Waals surface area (Å²) in [6, 6.07) is 19.5. The molecular formula is C23H26N2O. The molecule has 3 heteroatoms. The number of nitrogens with zero attached hydrogens (tertiary/aromatic N) is 2. The molecule has 0 radical (unpaired) electrons. The van der Waals surface area contributed by atoms with Crippen LogP contribution in [-0.4, -0.2) is 22.1 Å². The molecule has 134 valence electrons. The zero-order valence-corrected chi connectivity index (χ0v) is 15.4. The second-order valence-electron chi connectivity index (χ2n) is 7.93. The number of piperidine rings is 2. The topological polar surface area (TPSA) is 47.3 Å². The highest BCUT2D eigenvalue weighted by atomic mass is 16.3. The van der Waals surface area contributed by atoms with E-state index in [4.69, 9.17) is 0 Å². The number of nitriles is 1. The van der Waals surface area contributed by atoms with Crippen LogP contribution in [0, 0.1) is 18.3 Å². The minimum Gasteiger partial charge on any atom is -0.385 e. The van der Waals surface area contributed by atoms with E-state index in [0.29, 0.717) is 17.6 Å². The van der Waals surface area contributed by atoms with Crippen molar-refractivity contribution in [2.24, 2.45) is 0 Å². The first-order valence-electron chi connectivity index (χ1n) is 9.63. The van der Waals surface area contributed by atoms with Crippen LogP contribution in [0.5, 0.6) is 0 Å². The number of hydrogen-bond donors (Lipinski definition) is 1. The molecule has 2 heterocycles. The molecule has 4 rings (SSSR count). The van der Waals surface area contributed by atoms with Gasteiger partial charge in [-0.15, -0.1) is 0 Å². The molecule has 1 N–H and O–H groups in total. The van der Waals surface area contributed by atoms with Gasteiger partial charge < -0.3 is 5.11 Å². The van der Waals surface area contributed by atoms with Crippen LogP contribution < -0.4 is 0 Å². The first-order valence-corrected chi connectivity index (χ1v) is 9.63. The molecule has 2 saturated heterocycles. The summed E-state index contributed by atoms with van der Waals surface area (Å²) >= 11 is 0. The first-order chi connectivity index (χ1) is 12.6. The van der Waals surface area contributed by atoms with E-state index >= 15 is 0 Å². The molecular weight excluding hydrogens is 320 g/mol. The molecule has 0 amide bonds. The SMILES string of the molecule is Cc1c(C#N)cccc1C1(O)CC2CCCC(C1)N2Cc1ccccc1. The van der Waals surface area contributed by atoms with E-state index < -0.39 is 5.60 Å². The third kappa shape index (κ3) is 3.05. The maximum absolute atomic E-state index is 11.6. The van der Waals surface area contributed by atoms with Crippen molar-refractivity contribution in [1.29, 1.82) is 5.26 Å². The van der Waals surface area contributed by atoms with Gasteiger partial charge in [-0.1, -0.05) is 48.9 Å². The van der Waals surface area contributed by atoms with E-state index in [1.165, 1.54) is 12.0 Å². The number of benzene rings is 2. The lowest BCUT2D eigenvalue weighted by molar-refractivity contribution is -0.100. The molecule has 0 aliphatic carbocycles. The Labute approximate surface area is 155 Å². The molecule has 2 atom stereocenters. The van der Waals surface area contributed by atoms with Crippen molar-refractivity contribution >= 4 is 0 Å². The molecule has 2 aliphatic heterocycles. The zero-order chi connectivity index (χ0) is 18.1. The predicted octanol–water partition coefficient (Wildman–Crippen LogP) is 4.27. The van der Waals surface area contributed by atoms with E-state index in [1.807, 2.05) is 25.1 Å². The fraction of sp³-hybridized carbons (Fsp3) is 0.435. The third-order valence-electron chi connectivity index (χ3n) is 6.32. The van der Waals surface area contributed by atoms with Gasteiger partial charge in [0.2, 0.25) is 0 Å². The standard InChI is InChI=1S/C23H26N2O/c1-17-19(15-24)9-5-12-22(17)23(26)13-20-10-6-11-21(14-23)25(20)16-18-7-3-2-4-8-18/h2-5,7-9,12,20-21,26H,6,10-11,13-14,16H2,1H3. The van der Waals surface area contributed by atoms with E-state index in [-0.39, 0.29) is 0 Å². The van der Waals surface area contributed by atoms with Crippen LogP contribution in [-0.2, 0) is 12.1 Å². The molecule has 2 unspecified atom stereocenters. The van der Waals surface area contributed by atoms with E-state index in [0.717, 1.165) is 43.4 Å². The van der Waals surface area contributed by atoms with Gasteiger partial charge in [-0.25, -0.2) is 0 Å². The third-order valence-corrected chi connectivity index (χ3v) is 6.32. The van der Waals surface area contributed by atoms with Crippen molar-refractivity contribution in [3.63, 3.8) is 0 Å². The molecule has 2 bridgehead atoms. The molecule has 0 spiro atoms. The molecule has 2 fully saturated rings. The van der Waals surface area contributed by atoms with Gasteiger partial charge in [-0.05, 0) is 55.4 Å². The second-order valence-corrected chi connectivity index (χ2v) is 7.93. The summed E-state index contributed by atoms with van der Waals surface area (Å²) in [6.07, 6.45) is 5.04. The Morgan fingerprint density at radius 3 is 2.42 bits per heavy atom. The average molecular weight is 346 g/mol. The van der Waals surface area contributed by atoms with Gasteiger partial charge in [0.1, 0.15) is 0 Å². The summed E-state index contributed by atoms with van der Waals surface area (Å²) < 4.78 is 0. The highest BCUT2D eigenvalue weighted by molar-refractivity contribution is 5.44. The molecule has 2 aromatic carbocycles. The summed E-state index contributed by atoms with van der Waals surface area (Å²) in [6.45, 7) is 2.93. The van der Waals surface area contributed by atoms with Crippen molar-refractivity contribution in [3.05, 3.63) is 70.8 Å². The fourth-order valence-corrected chi connectivity index (χ4v) is 5.05. The summed E-state index contributed by atoms with van der Waals surface area (Å²) in [5, 5.41) is 20.9. The van der Waals surface area contributed by atoms with Crippen LogP contribution >= 0.6 is 0 Å². The van der Waals surface area contributed by atoms with Crippen LogP contribution in [0.4, 0.5) is 0 Å². The van der Waals surface area contributed by atoms with E-state index in [2.05, 4.69) is 41.3 Å². The number of hydrogen-bond acceptors (Lipinski definition) is 3.